The van der Waals surface area contributed by atoms with Crippen molar-refractivity contribution in [1.82, 2.24) is 0 Å². The summed E-state index contributed by atoms with van der Waals surface area (Å²) < 4.78 is 0. The molecule has 0 spiro atoms. The smallest absolute Gasteiger partial charge is 0.0711 e. The van der Waals surface area contributed by atoms with Gasteiger partial charge in [0.05, 0.1) is 5.41 Å². The standard InChI is InChI=1S/C48H37N.C17H16.C2H6/c1-34-20-22-36(23-21-34)37-24-27-41(28-25-37)49(42-29-26-35-12-8-9-13-38(35)32-42)43-30-31-45-44-18-10-11-19-46(44)48(47(45)33-43,39-14-4-2-5-15-39)40-16-6-3-7-17-40;1-12-6-3-4-8-15(12)17-11-10-14-7-5-9-16(14)13(17)2;1-2/h2,4-6,8-33H,3,7H2,1H3;3-8,10-11H,9H2,1-2H3;1-2H3. The predicted octanol–water partition coefficient (Wildman–Crippen LogP) is 18.4. The molecule has 0 aromatic heterocycles. The van der Waals surface area contributed by atoms with Gasteiger partial charge in [-0.2, -0.15) is 0 Å². The molecule has 0 fully saturated rings. The SMILES string of the molecule is CC.Cc1ccc(-c2ccc(N(c3ccc4c(c3)C(C3=CCCC=C3)(c3ccccc3)c3ccccc3-4)c3ccc4ccccc4c3)cc2)cc1.Cc1ccccc1-c1ccc2c(c1C)CC=C2. The van der Waals surface area contributed by atoms with Crippen LogP contribution < -0.4 is 4.90 Å². The van der Waals surface area contributed by atoms with E-state index < -0.39 is 5.41 Å². The summed E-state index contributed by atoms with van der Waals surface area (Å²) in [6.07, 6.45) is 14.9. The molecule has 0 radical (unpaired) electrons. The number of hydrogen-bond acceptors (Lipinski definition) is 1. The first kappa shape index (κ1) is 44.1. The zero-order valence-electron chi connectivity index (χ0n) is 40.0. The molecule has 12 rings (SSSR count). The second-order valence-electron chi connectivity index (χ2n) is 18.0. The van der Waals surface area contributed by atoms with Gasteiger partial charge in [0, 0.05) is 17.1 Å². The Morgan fingerprint density at radius 3 is 1.81 bits per heavy atom. The van der Waals surface area contributed by atoms with E-state index in [1.54, 1.807) is 0 Å². The lowest BCUT2D eigenvalue weighted by Gasteiger charge is -2.36. The van der Waals surface area contributed by atoms with E-state index in [4.69, 9.17) is 0 Å². The van der Waals surface area contributed by atoms with E-state index in [9.17, 15) is 0 Å². The fourth-order valence-electron chi connectivity index (χ4n) is 10.8. The third-order valence-electron chi connectivity index (χ3n) is 14.1. The normalized spacial score (nSPS) is 15.0. The highest BCUT2D eigenvalue weighted by atomic mass is 15.1. The van der Waals surface area contributed by atoms with Crippen molar-refractivity contribution in [3.8, 4) is 33.4 Å². The number of aryl methyl sites for hydroxylation is 2. The van der Waals surface area contributed by atoms with Crippen LogP contribution in [0, 0.1) is 20.8 Å². The third-order valence-corrected chi connectivity index (χ3v) is 14.1. The van der Waals surface area contributed by atoms with Crippen LogP contribution in [0.25, 0.3) is 50.2 Å². The monoisotopic (exact) mass is 877 g/mol. The van der Waals surface area contributed by atoms with Crippen LogP contribution in [0.15, 0.2) is 230 Å². The van der Waals surface area contributed by atoms with Crippen molar-refractivity contribution < 1.29 is 0 Å². The lowest BCUT2D eigenvalue weighted by molar-refractivity contribution is 0.751. The van der Waals surface area contributed by atoms with E-state index in [2.05, 4.69) is 256 Å². The van der Waals surface area contributed by atoms with Crippen molar-refractivity contribution >= 4 is 33.9 Å². The first-order valence-corrected chi connectivity index (χ1v) is 24.5. The topological polar surface area (TPSA) is 3.24 Å². The molecule has 0 amide bonds. The number of fused-ring (bicyclic) bond motifs is 5. The minimum Gasteiger partial charge on any atom is -0.310 e. The Bertz CT molecular complexity index is 3350. The molecular formula is C67H59N. The van der Waals surface area contributed by atoms with Crippen LogP contribution in [-0.2, 0) is 11.8 Å². The lowest BCUT2D eigenvalue weighted by Crippen LogP contribution is -2.29. The first-order valence-electron chi connectivity index (χ1n) is 24.5. The molecule has 0 heterocycles. The second kappa shape index (κ2) is 19.2. The lowest BCUT2D eigenvalue weighted by atomic mass is 9.66. The number of benzene rings is 9. The van der Waals surface area contributed by atoms with Crippen molar-refractivity contribution in [2.45, 2.75) is 59.3 Å². The van der Waals surface area contributed by atoms with Gasteiger partial charge in [0.1, 0.15) is 0 Å². The summed E-state index contributed by atoms with van der Waals surface area (Å²) in [5.74, 6) is 0. The fraction of sp³-hybridized carbons (Fsp3) is 0.134. The number of anilines is 3. The molecule has 1 heteroatoms. The minimum absolute atomic E-state index is 0.412. The molecule has 0 aliphatic heterocycles. The predicted molar refractivity (Wildman–Crippen MR) is 292 cm³/mol. The highest BCUT2D eigenvalue weighted by molar-refractivity contribution is 5.92. The Hall–Kier alpha value is -7.74. The van der Waals surface area contributed by atoms with E-state index in [-0.39, 0.29) is 0 Å². The average Bonchev–Trinajstić information content (AvgIpc) is 4.01. The molecule has 1 unspecified atom stereocenters. The van der Waals surface area contributed by atoms with E-state index in [1.165, 1.54) is 94.2 Å². The number of rotatable bonds is 7. The van der Waals surface area contributed by atoms with Crippen molar-refractivity contribution in [2.24, 2.45) is 0 Å². The fourth-order valence-corrected chi connectivity index (χ4v) is 10.8. The van der Waals surface area contributed by atoms with Gasteiger partial charge in [0.2, 0.25) is 0 Å². The maximum Gasteiger partial charge on any atom is 0.0711 e. The van der Waals surface area contributed by atoms with Gasteiger partial charge in [-0.05, 0) is 165 Å². The summed E-state index contributed by atoms with van der Waals surface area (Å²) in [6.45, 7) is 10.6. The molecule has 9 aromatic carbocycles. The quantitative estimate of drug-likeness (QED) is 0.154. The highest BCUT2D eigenvalue weighted by Gasteiger charge is 2.47. The van der Waals surface area contributed by atoms with E-state index in [0.29, 0.717) is 0 Å². The zero-order valence-corrected chi connectivity index (χ0v) is 40.0. The van der Waals surface area contributed by atoms with Crippen LogP contribution in [0.3, 0.4) is 0 Å². The van der Waals surface area contributed by atoms with Crippen LogP contribution in [-0.4, -0.2) is 0 Å². The van der Waals surface area contributed by atoms with Gasteiger partial charge >= 0.3 is 0 Å². The largest absolute Gasteiger partial charge is 0.310 e. The molecule has 3 aliphatic rings. The van der Waals surface area contributed by atoms with E-state index >= 15 is 0 Å². The molecule has 0 bridgehead atoms. The summed E-state index contributed by atoms with van der Waals surface area (Å²) in [5, 5.41) is 2.47. The Morgan fingerprint density at radius 2 is 1.06 bits per heavy atom. The van der Waals surface area contributed by atoms with Gasteiger partial charge in [0.15, 0.2) is 0 Å². The van der Waals surface area contributed by atoms with Crippen molar-refractivity contribution in [3.63, 3.8) is 0 Å². The van der Waals surface area contributed by atoms with Crippen LogP contribution in [0.1, 0.15) is 71.2 Å². The molecule has 0 saturated carbocycles. The second-order valence-corrected chi connectivity index (χ2v) is 18.0. The number of hydrogen-bond donors (Lipinski definition) is 0. The first-order chi connectivity index (χ1) is 33.5. The van der Waals surface area contributed by atoms with Crippen molar-refractivity contribution in [2.75, 3.05) is 4.90 Å². The molecule has 0 N–H and O–H groups in total. The molecule has 1 nitrogen and oxygen atoms in total. The molecule has 68 heavy (non-hydrogen) atoms. The van der Waals surface area contributed by atoms with Gasteiger partial charge in [-0.1, -0.05) is 214 Å². The van der Waals surface area contributed by atoms with Crippen LogP contribution in [0.5, 0.6) is 0 Å². The van der Waals surface area contributed by atoms with E-state index in [0.717, 1.165) is 36.3 Å². The van der Waals surface area contributed by atoms with Crippen LogP contribution in [0.2, 0.25) is 0 Å². The maximum atomic E-state index is 2.47. The van der Waals surface area contributed by atoms with Crippen molar-refractivity contribution in [3.05, 3.63) is 275 Å². The molecule has 3 aliphatic carbocycles. The Kier molecular flexibility index (Phi) is 12.5. The van der Waals surface area contributed by atoms with Gasteiger partial charge in [-0.15, -0.1) is 0 Å². The Balaban J connectivity index is 0.000000237. The molecule has 332 valence electrons. The summed E-state index contributed by atoms with van der Waals surface area (Å²) in [6, 6.07) is 73.7. The van der Waals surface area contributed by atoms with Crippen LogP contribution in [0.4, 0.5) is 17.1 Å². The van der Waals surface area contributed by atoms with Gasteiger partial charge in [-0.3, -0.25) is 0 Å². The average molecular weight is 878 g/mol. The number of nitrogens with zero attached hydrogens (tertiary/aromatic N) is 1. The minimum atomic E-state index is -0.412. The van der Waals surface area contributed by atoms with Gasteiger partial charge in [0.25, 0.3) is 0 Å². The Labute approximate surface area is 404 Å². The summed E-state index contributed by atoms with van der Waals surface area (Å²) in [5.41, 5.74) is 23.1. The van der Waals surface area contributed by atoms with Crippen LogP contribution >= 0.6 is 0 Å². The number of allylic oxidation sites excluding steroid dienone is 5. The van der Waals surface area contributed by atoms with E-state index in [1.807, 2.05) is 13.8 Å². The maximum absolute atomic E-state index is 2.47. The molecular weight excluding hydrogens is 819 g/mol. The third kappa shape index (κ3) is 8.03. The molecule has 9 aromatic rings. The summed E-state index contributed by atoms with van der Waals surface area (Å²) in [4.78, 5) is 2.43. The summed E-state index contributed by atoms with van der Waals surface area (Å²) >= 11 is 0. The Morgan fingerprint density at radius 1 is 0.441 bits per heavy atom. The molecule has 1 atom stereocenters. The van der Waals surface area contributed by atoms with Gasteiger partial charge in [-0.25, -0.2) is 0 Å². The molecule has 0 saturated heterocycles. The van der Waals surface area contributed by atoms with Gasteiger partial charge < -0.3 is 4.90 Å². The zero-order chi connectivity index (χ0) is 46.6. The highest BCUT2D eigenvalue weighted by Crippen LogP contribution is 2.58. The summed E-state index contributed by atoms with van der Waals surface area (Å²) in [7, 11) is 0. The van der Waals surface area contributed by atoms with Crippen molar-refractivity contribution in [1.29, 1.82) is 0 Å².